The number of hydrogen-bond donors (Lipinski definition) is 2. The van der Waals surface area contributed by atoms with Gasteiger partial charge in [0.2, 0.25) is 0 Å². The number of amides is 2. The van der Waals surface area contributed by atoms with E-state index in [0.717, 1.165) is 12.8 Å². The first-order valence-corrected chi connectivity index (χ1v) is 5.71. The van der Waals surface area contributed by atoms with Gasteiger partial charge in [-0.25, -0.2) is 9.59 Å². The van der Waals surface area contributed by atoms with Gasteiger partial charge in [-0.15, -0.1) is 0 Å². The van der Waals surface area contributed by atoms with Gasteiger partial charge in [0.15, 0.2) is 0 Å². The Bertz CT molecular complexity index is 302. The lowest BCUT2D eigenvalue weighted by Crippen LogP contribution is -2.49. The number of rotatable bonds is 4. The second kappa shape index (κ2) is 5.35. The molecule has 2 amide bonds. The van der Waals surface area contributed by atoms with E-state index < -0.39 is 12.0 Å². The number of carbonyl (C=O) groups excluding carboxylic acids is 1. The van der Waals surface area contributed by atoms with Crippen molar-refractivity contribution < 1.29 is 19.8 Å². The van der Waals surface area contributed by atoms with Crippen molar-refractivity contribution in [2.24, 2.45) is 5.92 Å². The van der Waals surface area contributed by atoms with Crippen LogP contribution in [0.3, 0.4) is 0 Å². The molecule has 1 rings (SSSR count). The minimum Gasteiger partial charge on any atom is -0.480 e. The Morgan fingerprint density at radius 2 is 1.88 bits per heavy atom. The minimum atomic E-state index is -1.02. The maximum absolute atomic E-state index is 11.9. The molecule has 0 spiro atoms. The molecule has 1 saturated carbocycles. The second-order valence-electron chi connectivity index (χ2n) is 4.78. The van der Waals surface area contributed by atoms with E-state index >= 15 is 0 Å². The van der Waals surface area contributed by atoms with Gasteiger partial charge >= 0.3 is 12.0 Å². The molecule has 0 saturated heterocycles. The van der Waals surface area contributed by atoms with Crippen LogP contribution in [-0.2, 0) is 4.79 Å². The van der Waals surface area contributed by atoms with Crippen LogP contribution >= 0.6 is 0 Å². The Kier molecular flexibility index (Phi) is 4.34. The van der Waals surface area contributed by atoms with Crippen LogP contribution in [0.1, 0.15) is 19.8 Å². The number of aliphatic carboxylic acids is 1. The van der Waals surface area contributed by atoms with Gasteiger partial charge in [-0.05, 0) is 25.7 Å². The zero-order valence-electron chi connectivity index (χ0n) is 10.5. The van der Waals surface area contributed by atoms with Crippen molar-refractivity contribution in [3.63, 3.8) is 0 Å². The summed E-state index contributed by atoms with van der Waals surface area (Å²) in [6.45, 7) is 2.04. The summed E-state index contributed by atoms with van der Waals surface area (Å²) in [5.41, 5.74) is 0. The van der Waals surface area contributed by atoms with Gasteiger partial charge in [0, 0.05) is 20.6 Å². The highest BCUT2D eigenvalue weighted by molar-refractivity contribution is 5.82. The molecule has 6 nitrogen and oxygen atoms in total. The number of likely N-dealkylation sites (N-methyl/N-ethyl adjacent to an activating group) is 1. The van der Waals surface area contributed by atoms with E-state index in [4.69, 9.17) is 10.2 Å². The number of urea groups is 1. The van der Waals surface area contributed by atoms with E-state index in [0.29, 0.717) is 12.5 Å². The van der Waals surface area contributed by atoms with Crippen LogP contribution < -0.4 is 0 Å². The van der Waals surface area contributed by atoms with E-state index in [9.17, 15) is 9.59 Å². The topological polar surface area (TPSA) is 81.1 Å². The molecule has 1 unspecified atom stereocenters. The van der Waals surface area contributed by atoms with Crippen molar-refractivity contribution in [2.75, 3.05) is 20.6 Å². The average Bonchev–Trinajstić information content (AvgIpc) is 2.23. The molecule has 0 aromatic heterocycles. The van der Waals surface area contributed by atoms with Gasteiger partial charge in [0.1, 0.15) is 6.04 Å². The van der Waals surface area contributed by atoms with Crippen LogP contribution in [0.5, 0.6) is 0 Å². The highest BCUT2D eigenvalue weighted by Gasteiger charge is 2.31. The molecule has 1 aliphatic rings. The Balaban J connectivity index is 2.43. The van der Waals surface area contributed by atoms with E-state index in [-0.39, 0.29) is 12.1 Å². The molecule has 6 heteroatoms. The fraction of sp³-hybridized carbons (Fsp3) is 0.818. The van der Waals surface area contributed by atoms with Gasteiger partial charge in [0.05, 0.1) is 6.10 Å². The lowest BCUT2D eigenvalue weighted by atomic mass is 9.82. The number of carbonyl (C=O) groups is 2. The zero-order chi connectivity index (χ0) is 13.2. The van der Waals surface area contributed by atoms with Crippen molar-refractivity contribution in [3.8, 4) is 0 Å². The summed E-state index contributed by atoms with van der Waals surface area (Å²) in [6.07, 6.45) is 1.20. The molecule has 0 aromatic rings. The SMILES string of the molecule is CC(C(=O)O)N(C)C(=O)N(C)CC1CC(O)C1. The van der Waals surface area contributed by atoms with Gasteiger partial charge in [-0.3, -0.25) is 0 Å². The molecule has 0 radical (unpaired) electrons. The first-order chi connectivity index (χ1) is 7.82. The summed E-state index contributed by atoms with van der Waals surface area (Å²) in [7, 11) is 3.13. The Morgan fingerprint density at radius 3 is 2.29 bits per heavy atom. The number of carboxylic acid groups (broad SMARTS) is 1. The smallest absolute Gasteiger partial charge is 0.326 e. The third-order valence-corrected chi connectivity index (χ3v) is 3.31. The fourth-order valence-corrected chi connectivity index (χ4v) is 1.92. The molecule has 0 aliphatic heterocycles. The number of aliphatic hydroxyl groups excluding tert-OH is 1. The zero-order valence-corrected chi connectivity index (χ0v) is 10.5. The van der Waals surface area contributed by atoms with Crippen molar-refractivity contribution in [1.82, 2.24) is 9.80 Å². The van der Waals surface area contributed by atoms with Gasteiger partial charge in [-0.2, -0.15) is 0 Å². The highest BCUT2D eigenvalue weighted by atomic mass is 16.4. The van der Waals surface area contributed by atoms with Crippen molar-refractivity contribution in [3.05, 3.63) is 0 Å². The third kappa shape index (κ3) is 3.33. The van der Waals surface area contributed by atoms with Crippen LogP contribution in [-0.4, -0.2) is 64.8 Å². The molecule has 1 fully saturated rings. The molecular weight excluding hydrogens is 224 g/mol. The number of carboxylic acids is 1. The predicted molar refractivity (Wildman–Crippen MR) is 61.6 cm³/mol. The quantitative estimate of drug-likeness (QED) is 0.741. The second-order valence-corrected chi connectivity index (χ2v) is 4.78. The van der Waals surface area contributed by atoms with E-state index in [1.54, 1.807) is 7.05 Å². The lowest BCUT2D eigenvalue weighted by Gasteiger charge is -2.36. The van der Waals surface area contributed by atoms with E-state index in [1.165, 1.54) is 23.8 Å². The Labute approximate surface area is 101 Å². The van der Waals surface area contributed by atoms with Gasteiger partial charge in [-0.1, -0.05) is 0 Å². The maximum atomic E-state index is 11.9. The molecule has 0 aromatic carbocycles. The normalized spacial score (nSPS) is 24.7. The van der Waals surface area contributed by atoms with E-state index in [1.807, 2.05) is 0 Å². The fourth-order valence-electron chi connectivity index (χ4n) is 1.92. The van der Waals surface area contributed by atoms with Crippen LogP contribution in [0.4, 0.5) is 4.79 Å². The highest BCUT2D eigenvalue weighted by Crippen LogP contribution is 2.27. The van der Waals surface area contributed by atoms with Gasteiger partial charge in [0.25, 0.3) is 0 Å². The largest absolute Gasteiger partial charge is 0.480 e. The number of aliphatic hydroxyl groups is 1. The lowest BCUT2D eigenvalue weighted by molar-refractivity contribution is -0.141. The van der Waals surface area contributed by atoms with Crippen LogP contribution in [0.2, 0.25) is 0 Å². The molecule has 0 heterocycles. The van der Waals surface area contributed by atoms with E-state index in [2.05, 4.69) is 0 Å². The number of hydrogen-bond acceptors (Lipinski definition) is 3. The summed E-state index contributed by atoms with van der Waals surface area (Å²) in [6, 6.07) is -1.14. The molecule has 98 valence electrons. The molecule has 1 aliphatic carbocycles. The molecule has 17 heavy (non-hydrogen) atoms. The maximum Gasteiger partial charge on any atom is 0.326 e. The first-order valence-electron chi connectivity index (χ1n) is 5.71. The predicted octanol–water partition coefficient (Wildman–Crippen LogP) is 0.214. The summed E-state index contributed by atoms with van der Waals surface area (Å²) < 4.78 is 0. The molecule has 0 bridgehead atoms. The monoisotopic (exact) mass is 244 g/mol. The van der Waals surface area contributed by atoms with Crippen molar-refractivity contribution in [2.45, 2.75) is 31.9 Å². The minimum absolute atomic E-state index is 0.237. The standard InChI is InChI=1S/C11H20N2O4/c1-7(10(15)16)13(3)11(17)12(2)6-8-4-9(14)5-8/h7-9,14H,4-6H2,1-3H3,(H,15,16). The summed E-state index contributed by atoms with van der Waals surface area (Å²) in [5.74, 6) is -0.694. The van der Waals surface area contributed by atoms with Crippen LogP contribution in [0, 0.1) is 5.92 Å². The molecular formula is C11H20N2O4. The number of nitrogens with zero attached hydrogens (tertiary/aromatic N) is 2. The van der Waals surface area contributed by atoms with Gasteiger partial charge < -0.3 is 20.0 Å². The Hall–Kier alpha value is -1.30. The van der Waals surface area contributed by atoms with Crippen molar-refractivity contribution >= 4 is 12.0 Å². The van der Waals surface area contributed by atoms with Crippen LogP contribution in [0.15, 0.2) is 0 Å². The molecule has 2 N–H and O–H groups in total. The third-order valence-electron chi connectivity index (χ3n) is 3.31. The molecule has 1 atom stereocenters. The summed E-state index contributed by atoms with van der Waals surface area (Å²) in [4.78, 5) is 25.3. The van der Waals surface area contributed by atoms with Crippen LogP contribution in [0.25, 0.3) is 0 Å². The summed E-state index contributed by atoms with van der Waals surface area (Å²) >= 11 is 0. The first kappa shape index (κ1) is 13.8. The average molecular weight is 244 g/mol. The summed E-state index contributed by atoms with van der Waals surface area (Å²) in [5, 5.41) is 18.0. The Morgan fingerprint density at radius 1 is 1.35 bits per heavy atom. The van der Waals surface area contributed by atoms with Crippen molar-refractivity contribution in [1.29, 1.82) is 0 Å².